The number of carbonyl (C=O) groups excluding carboxylic acids is 12. The van der Waals surface area contributed by atoms with E-state index in [0.29, 0.717) is 0 Å². The van der Waals surface area contributed by atoms with Gasteiger partial charge in [0.1, 0.15) is 29.6 Å². The van der Waals surface area contributed by atoms with Gasteiger partial charge in [-0.15, -0.1) is 0 Å². The minimum absolute atomic E-state index is 0.0993. The van der Waals surface area contributed by atoms with Crippen molar-refractivity contribution in [3.8, 4) is 34.1 Å². The molecular formula is C55H57NO29S. The fourth-order valence-corrected chi connectivity index (χ4v) is 10.6. The standard InChI is InChI=1S/C55H57NO29S/c1-19-13-33-39(48(80-26(8)62)37(19)53(68)56-18-86(69,70)71)40-34(16-32-41(49(40)81-27(9)63)43(67)31-14-30(72-12)15-35(75-21(3)57)38(31)42(32)66)45(78-24(6)60)46(33)84-55-52(83-29(11)65)50(44(20(2)74-55)77-23(5)59)85-54-51(82-28(10)64)47(79-25(7)61)36(17-73-54)76-22(4)58/h13-16,20,36,44-47,50-52,54-55H,17-18H2,1-12H3,(H,56,68)(H,69,70,71)/t20-,36-,44+,45+,46+,47+,50+,51-,52-,54+,55+/m1/s1. The zero-order valence-electron chi connectivity index (χ0n) is 47.9. The van der Waals surface area contributed by atoms with Crippen LogP contribution in [0.4, 0.5) is 0 Å². The van der Waals surface area contributed by atoms with Crippen LogP contribution >= 0.6 is 0 Å². The van der Waals surface area contributed by atoms with Gasteiger partial charge in [-0.1, -0.05) is 6.07 Å². The van der Waals surface area contributed by atoms with Crippen LogP contribution in [0.15, 0.2) is 24.3 Å². The third-order valence-corrected chi connectivity index (χ3v) is 13.6. The number of carbonyl (C=O) groups is 12. The molecule has 0 unspecified atom stereocenters. The van der Waals surface area contributed by atoms with Gasteiger partial charge < -0.3 is 71.6 Å². The molecule has 11 atom stereocenters. The van der Waals surface area contributed by atoms with Crippen LogP contribution in [0.25, 0.3) is 11.1 Å². The second kappa shape index (κ2) is 25.8. The van der Waals surface area contributed by atoms with Gasteiger partial charge in [-0.05, 0) is 37.1 Å². The quantitative estimate of drug-likeness (QED) is 0.0664. The van der Waals surface area contributed by atoms with Crippen molar-refractivity contribution in [1.82, 2.24) is 5.32 Å². The fraction of sp³-hybridized carbons (Fsp3) is 0.455. The largest absolute Gasteiger partial charge is 0.497 e. The normalized spacial score (nSPS) is 23.7. The number of esters is 9. The maximum Gasteiger partial charge on any atom is 0.308 e. The van der Waals surface area contributed by atoms with Gasteiger partial charge in [0.25, 0.3) is 16.0 Å². The van der Waals surface area contributed by atoms with Crippen molar-refractivity contribution in [1.29, 1.82) is 0 Å². The summed E-state index contributed by atoms with van der Waals surface area (Å²) in [5, 5.41) is 2.00. The van der Waals surface area contributed by atoms with E-state index in [0.717, 1.165) is 80.5 Å². The summed E-state index contributed by atoms with van der Waals surface area (Å²) in [5.41, 5.74) is -4.91. The van der Waals surface area contributed by atoms with Crippen LogP contribution in [0.1, 0.15) is 140 Å². The molecule has 462 valence electrons. The number of aryl methyl sites for hydroxylation is 1. The first-order valence-corrected chi connectivity index (χ1v) is 27.4. The molecule has 86 heavy (non-hydrogen) atoms. The Balaban J connectivity index is 1.55. The van der Waals surface area contributed by atoms with Crippen LogP contribution < -0.4 is 24.3 Å². The summed E-state index contributed by atoms with van der Waals surface area (Å²) < 4.78 is 116. The Morgan fingerprint density at radius 2 is 1.06 bits per heavy atom. The van der Waals surface area contributed by atoms with Crippen LogP contribution in [-0.4, -0.2) is 159 Å². The molecule has 0 aromatic heterocycles. The van der Waals surface area contributed by atoms with Crippen LogP contribution in [0.5, 0.6) is 23.0 Å². The first-order valence-electron chi connectivity index (χ1n) is 25.8. The summed E-state index contributed by atoms with van der Waals surface area (Å²) in [6.45, 7) is 10.6. The van der Waals surface area contributed by atoms with E-state index in [9.17, 15) is 60.9 Å². The molecule has 2 saturated heterocycles. The Morgan fingerprint density at radius 3 is 1.60 bits per heavy atom. The van der Waals surface area contributed by atoms with Crippen LogP contribution in [0.2, 0.25) is 0 Å². The number of hydrogen-bond donors (Lipinski definition) is 2. The Morgan fingerprint density at radius 1 is 0.558 bits per heavy atom. The molecule has 3 aromatic rings. The van der Waals surface area contributed by atoms with Gasteiger partial charge in [0, 0.05) is 96.2 Å². The van der Waals surface area contributed by atoms with Crippen LogP contribution in [0.3, 0.4) is 0 Å². The van der Waals surface area contributed by atoms with Crippen LogP contribution in [-0.2, 0) is 101 Å². The van der Waals surface area contributed by atoms with E-state index in [1.54, 1.807) is 0 Å². The molecule has 7 rings (SSSR count). The number of methoxy groups -OCH3 is 1. The maximum absolute atomic E-state index is 15.2. The molecule has 2 fully saturated rings. The van der Waals surface area contributed by atoms with Crippen molar-refractivity contribution in [2.75, 3.05) is 19.6 Å². The van der Waals surface area contributed by atoms with E-state index >= 15 is 9.59 Å². The number of benzene rings is 3. The van der Waals surface area contributed by atoms with E-state index in [1.807, 2.05) is 5.32 Å². The second-order valence-corrected chi connectivity index (χ2v) is 21.2. The topological polar surface area (TPSA) is 400 Å². The molecule has 0 saturated carbocycles. The molecule has 0 bridgehead atoms. The molecule has 0 radical (unpaired) electrons. The molecule has 2 heterocycles. The number of fused-ring (bicyclic) bond motifs is 5. The summed E-state index contributed by atoms with van der Waals surface area (Å²) in [7, 11) is -3.76. The van der Waals surface area contributed by atoms with Crippen molar-refractivity contribution in [3.05, 3.63) is 68.8 Å². The number of nitrogens with one attached hydrogen (secondary N) is 1. The summed E-state index contributed by atoms with van der Waals surface area (Å²) in [6.07, 6.45) is -19.9. The van der Waals surface area contributed by atoms with E-state index in [-0.39, 0.29) is 16.9 Å². The highest BCUT2D eigenvalue weighted by Crippen LogP contribution is 2.59. The van der Waals surface area contributed by atoms with Gasteiger partial charge in [0.2, 0.25) is 0 Å². The number of rotatable bonds is 17. The van der Waals surface area contributed by atoms with Crippen molar-refractivity contribution >= 4 is 81.3 Å². The Kier molecular flexibility index (Phi) is 19.5. The van der Waals surface area contributed by atoms with E-state index in [1.165, 1.54) is 27.0 Å². The van der Waals surface area contributed by atoms with Crippen molar-refractivity contribution in [3.63, 3.8) is 0 Å². The summed E-state index contributed by atoms with van der Waals surface area (Å²) in [6, 6.07) is 4.42. The molecule has 2 N–H and O–H groups in total. The van der Waals surface area contributed by atoms with Crippen LogP contribution in [0, 0.1) is 6.92 Å². The predicted octanol–water partition coefficient (Wildman–Crippen LogP) is 2.62. The summed E-state index contributed by atoms with van der Waals surface area (Å²) in [4.78, 5) is 161. The average molecular weight is 1230 g/mol. The molecule has 3 aromatic carbocycles. The lowest BCUT2D eigenvalue weighted by atomic mass is 9.73. The number of hydrogen-bond acceptors (Lipinski definition) is 28. The number of ether oxygens (including phenoxy) is 14. The van der Waals surface area contributed by atoms with Crippen molar-refractivity contribution in [2.45, 2.75) is 144 Å². The fourth-order valence-electron chi connectivity index (χ4n) is 10.3. The van der Waals surface area contributed by atoms with Gasteiger partial charge in [-0.2, -0.15) is 8.42 Å². The lowest BCUT2D eigenvalue weighted by Crippen LogP contribution is -2.65. The molecule has 0 spiro atoms. The highest BCUT2D eigenvalue weighted by molar-refractivity contribution is 7.85. The predicted molar refractivity (Wildman–Crippen MR) is 279 cm³/mol. The first-order chi connectivity index (χ1) is 40.2. The average Bonchev–Trinajstić information content (AvgIpc) is 0.723. The third-order valence-electron chi connectivity index (χ3n) is 13.1. The number of ketones is 2. The molecule has 2 aliphatic heterocycles. The zero-order valence-corrected chi connectivity index (χ0v) is 48.7. The summed E-state index contributed by atoms with van der Waals surface area (Å²) >= 11 is 0. The van der Waals surface area contributed by atoms with Crippen molar-refractivity contribution < 1.29 is 137 Å². The maximum atomic E-state index is 15.2. The third kappa shape index (κ3) is 14.0. The van der Waals surface area contributed by atoms with Gasteiger partial charge in [-0.25, -0.2) is 0 Å². The Bertz CT molecular complexity index is 3500. The second-order valence-electron chi connectivity index (χ2n) is 19.7. The Labute approximate surface area is 488 Å². The molecular weight excluding hydrogens is 1170 g/mol. The van der Waals surface area contributed by atoms with Gasteiger partial charge in [0.15, 0.2) is 72.3 Å². The first kappa shape index (κ1) is 64.8. The van der Waals surface area contributed by atoms with Gasteiger partial charge in [-0.3, -0.25) is 62.1 Å². The highest BCUT2D eigenvalue weighted by Gasteiger charge is 2.57. The highest BCUT2D eigenvalue weighted by atomic mass is 32.2. The lowest BCUT2D eigenvalue weighted by Gasteiger charge is -2.48. The minimum Gasteiger partial charge on any atom is -0.497 e. The molecule has 30 nitrogen and oxygen atoms in total. The molecule has 2 aliphatic carbocycles. The van der Waals surface area contributed by atoms with E-state index < -0.39 is 223 Å². The lowest BCUT2D eigenvalue weighted by molar-refractivity contribution is -0.355. The zero-order chi connectivity index (χ0) is 63.7. The van der Waals surface area contributed by atoms with Crippen molar-refractivity contribution in [2.24, 2.45) is 0 Å². The smallest absolute Gasteiger partial charge is 0.308 e. The SMILES string of the molecule is COc1cc(OC(C)=O)c2c(c1)C(=O)c1c(cc3c(c1OC(C)=O)-c1c(cc(C)c(C(=O)NCS(=O)(=O)O)c1OC(C)=O)[C@H](O[C@@H]1O[C@H](C)[C@H](OC(C)=O)[C@H](O[C@@H]4OC[C@@H](OC(C)=O)[C@H](OC(C)=O)[C@H]4OC(C)=O)[C@H]1OC(C)=O)[C@H]3OC(C)=O)C2=O. The van der Waals surface area contributed by atoms with E-state index in [4.69, 9.17) is 66.3 Å². The number of amides is 1. The Hall–Kier alpha value is -8.75. The van der Waals surface area contributed by atoms with E-state index in [2.05, 4.69) is 0 Å². The van der Waals surface area contributed by atoms with Gasteiger partial charge in [0.05, 0.1) is 36.5 Å². The molecule has 31 heteroatoms. The molecule has 4 aliphatic rings. The monoisotopic (exact) mass is 1230 g/mol. The summed E-state index contributed by atoms with van der Waals surface area (Å²) in [5.74, 6) is -16.4. The minimum atomic E-state index is -4.96. The van der Waals surface area contributed by atoms with Gasteiger partial charge >= 0.3 is 53.7 Å². The molecule has 1 amide bonds.